The Morgan fingerprint density at radius 3 is 2.14 bits per heavy atom. The highest BCUT2D eigenvalue weighted by Crippen LogP contribution is 2.15. The van der Waals surface area contributed by atoms with Crippen molar-refractivity contribution in [3.63, 3.8) is 0 Å². The van der Waals surface area contributed by atoms with Gasteiger partial charge in [-0.1, -0.05) is 0 Å². The van der Waals surface area contributed by atoms with E-state index in [4.69, 9.17) is 10.8 Å². The van der Waals surface area contributed by atoms with Crippen LogP contribution in [0.5, 0.6) is 0 Å². The Balaban J connectivity index is 2.92. The number of benzene rings is 1. The number of rotatable bonds is 6. The summed E-state index contributed by atoms with van der Waals surface area (Å²) in [7, 11) is 0. The lowest BCUT2D eigenvalue weighted by molar-refractivity contribution is -0.137. The predicted molar refractivity (Wildman–Crippen MR) is 63.6 cm³/mol. The Morgan fingerprint density at radius 1 is 1.19 bits per heavy atom. The minimum atomic E-state index is -1.45. The van der Waals surface area contributed by atoms with Crippen LogP contribution in [0, 0.1) is 17.5 Å². The smallest absolute Gasteiger partial charge is 0.303 e. The van der Waals surface area contributed by atoms with Gasteiger partial charge >= 0.3 is 5.97 Å². The van der Waals surface area contributed by atoms with Gasteiger partial charge < -0.3 is 16.2 Å². The van der Waals surface area contributed by atoms with Gasteiger partial charge in [-0.2, -0.15) is 0 Å². The molecule has 0 saturated carbocycles. The van der Waals surface area contributed by atoms with E-state index in [2.05, 4.69) is 0 Å². The van der Waals surface area contributed by atoms with Gasteiger partial charge in [0, 0.05) is 18.6 Å². The van der Waals surface area contributed by atoms with E-state index >= 15 is 0 Å². The Kier molecular flexibility index (Phi) is 5.28. The molecule has 1 atom stereocenters. The van der Waals surface area contributed by atoms with E-state index in [0.29, 0.717) is 12.1 Å². The first-order chi connectivity index (χ1) is 9.72. The minimum absolute atomic E-state index is 0.300. The van der Waals surface area contributed by atoms with E-state index in [0.717, 1.165) is 0 Å². The van der Waals surface area contributed by atoms with Crippen LogP contribution >= 0.6 is 0 Å². The highest BCUT2D eigenvalue weighted by molar-refractivity contribution is 5.97. The highest BCUT2D eigenvalue weighted by Gasteiger charge is 2.24. The molecule has 0 spiro atoms. The number of primary amides is 1. The zero-order valence-electron chi connectivity index (χ0n) is 10.5. The number of carbonyl (C=O) groups is 3. The van der Waals surface area contributed by atoms with Crippen LogP contribution in [0.1, 0.15) is 23.2 Å². The fourth-order valence-corrected chi connectivity index (χ4v) is 1.54. The fourth-order valence-electron chi connectivity index (χ4n) is 1.54. The molecule has 114 valence electrons. The molecule has 0 radical (unpaired) electrons. The molecule has 0 aliphatic carbocycles. The van der Waals surface area contributed by atoms with E-state index in [9.17, 15) is 27.6 Å². The molecule has 1 aromatic carbocycles. The van der Waals surface area contributed by atoms with Crippen molar-refractivity contribution in [2.45, 2.75) is 18.9 Å². The summed E-state index contributed by atoms with van der Waals surface area (Å²) in [5.74, 6) is -7.75. The number of amides is 2. The Labute approximate surface area is 116 Å². The number of carboxylic acids is 1. The molecule has 6 nitrogen and oxygen atoms in total. The molecule has 21 heavy (non-hydrogen) atoms. The number of nitrogens with two attached hydrogens (primary N) is 1. The quantitative estimate of drug-likeness (QED) is 0.713. The Hall–Kier alpha value is -2.58. The predicted octanol–water partition coefficient (Wildman–Crippen LogP) is 0.552. The van der Waals surface area contributed by atoms with E-state index < -0.39 is 53.3 Å². The van der Waals surface area contributed by atoms with Gasteiger partial charge in [-0.05, 0) is 6.42 Å². The van der Waals surface area contributed by atoms with Crippen LogP contribution in [0.2, 0.25) is 0 Å². The summed E-state index contributed by atoms with van der Waals surface area (Å²) in [5.41, 5.74) is 3.87. The molecule has 0 heterocycles. The lowest BCUT2D eigenvalue weighted by Gasteiger charge is -2.15. The maximum atomic E-state index is 13.4. The molecule has 0 aromatic heterocycles. The van der Waals surface area contributed by atoms with Gasteiger partial charge in [-0.3, -0.25) is 14.4 Å². The van der Waals surface area contributed by atoms with Crippen molar-refractivity contribution in [2.24, 2.45) is 5.73 Å². The molecule has 1 aromatic rings. The summed E-state index contributed by atoms with van der Waals surface area (Å²) in [6.07, 6.45) is -0.830. The van der Waals surface area contributed by atoms with Crippen molar-refractivity contribution in [2.75, 3.05) is 0 Å². The zero-order valence-corrected chi connectivity index (χ0v) is 10.5. The van der Waals surface area contributed by atoms with Crippen molar-refractivity contribution >= 4 is 17.8 Å². The normalized spacial score (nSPS) is 11.8. The number of halogens is 3. The van der Waals surface area contributed by atoms with E-state index in [1.807, 2.05) is 5.32 Å². The summed E-state index contributed by atoms with van der Waals surface area (Å²) >= 11 is 0. The Bertz CT molecular complexity index is 569. The molecule has 9 heteroatoms. The number of aliphatic carboxylic acids is 1. The summed E-state index contributed by atoms with van der Waals surface area (Å²) in [5, 5.41) is 10.4. The summed E-state index contributed by atoms with van der Waals surface area (Å²) in [4.78, 5) is 33.2. The maximum Gasteiger partial charge on any atom is 0.303 e. The number of hydrogen-bond donors (Lipinski definition) is 3. The molecule has 0 saturated heterocycles. The maximum absolute atomic E-state index is 13.4. The van der Waals surface area contributed by atoms with Gasteiger partial charge in [0.1, 0.15) is 29.1 Å². The average Bonchev–Trinajstić information content (AvgIpc) is 2.32. The first-order valence-electron chi connectivity index (χ1n) is 5.69. The molecular formula is C12H11F3N2O4. The molecule has 0 fully saturated rings. The highest BCUT2D eigenvalue weighted by atomic mass is 19.1. The standard InChI is InChI=1S/C12H11F3N2O4/c13-5-3-6(14)10(7(15)4-5)12(21)17-8(11(16)20)1-2-9(18)19/h3-4,8H,1-2H2,(H2,16,20)(H,17,21)(H,18,19)/t8-/m0/s1. The number of hydrogen-bond acceptors (Lipinski definition) is 3. The van der Waals surface area contributed by atoms with E-state index in [-0.39, 0.29) is 6.42 Å². The molecule has 4 N–H and O–H groups in total. The monoisotopic (exact) mass is 304 g/mol. The minimum Gasteiger partial charge on any atom is -0.481 e. The van der Waals surface area contributed by atoms with Gasteiger partial charge in [0.05, 0.1) is 0 Å². The molecular weight excluding hydrogens is 293 g/mol. The van der Waals surface area contributed by atoms with Crippen molar-refractivity contribution in [1.29, 1.82) is 0 Å². The zero-order chi connectivity index (χ0) is 16.2. The van der Waals surface area contributed by atoms with Crippen LogP contribution in [0.25, 0.3) is 0 Å². The molecule has 2 amide bonds. The first kappa shape index (κ1) is 16.5. The first-order valence-corrected chi connectivity index (χ1v) is 5.69. The van der Waals surface area contributed by atoms with E-state index in [1.165, 1.54) is 0 Å². The summed E-state index contributed by atoms with van der Waals surface area (Å²) in [6.45, 7) is 0. The van der Waals surface area contributed by atoms with Crippen LogP contribution in [0.15, 0.2) is 12.1 Å². The second kappa shape index (κ2) is 6.73. The van der Waals surface area contributed by atoms with Gasteiger partial charge in [-0.15, -0.1) is 0 Å². The van der Waals surface area contributed by atoms with Crippen LogP contribution in [-0.4, -0.2) is 28.9 Å². The second-order valence-corrected chi connectivity index (χ2v) is 4.11. The van der Waals surface area contributed by atoms with Crippen LogP contribution in [0.3, 0.4) is 0 Å². The fraction of sp³-hybridized carbons (Fsp3) is 0.250. The van der Waals surface area contributed by atoms with Crippen molar-refractivity contribution in [3.05, 3.63) is 35.1 Å². The topological polar surface area (TPSA) is 109 Å². The van der Waals surface area contributed by atoms with Crippen molar-refractivity contribution < 1.29 is 32.7 Å². The molecule has 0 aliphatic rings. The number of nitrogens with one attached hydrogen (secondary N) is 1. The van der Waals surface area contributed by atoms with Crippen molar-refractivity contribution in [1.82, 2.24) is 5.32 Å². The summed E-state index contributed by atoms with van der Waals surface area (Å²) in [6, 6.07) is -0.819. The lowest BCUT2D eigenvalue weighted by Crippen LogP contribution is -2.45. The third kappa shape index (κ3) is 4.48. The van der Waals surface area contributed by atoms with Gasteiger partial charge in [-0.25, -0.2) is 13.2 Å². The van der Waals surface area contributed by atoms with Crippen LogP contribution < -0.4 is 11.1 Å². The van der Waals surface area contributed by atoms with Gasteiger partial charge in [0.2, 0.25) is 5.91 Å². The largest absolute Gasteiger partial charge is 0.481 e. The molecule has 0 unspecified atom stereocenters. The molecule has 0 aliphatic heterocycles. The van der Waals surface area contributed by atoms with Crippen LogP contribution in [0.4, 0.5) is 13.2 Å². The van der Waals surface area contributed by atoms with Gasteiger partial charge in [0.15, 0.2) is 0 Å². The SMILES string of the molecule is NC(=O)[C@H](CCC(=O)O)NC(=O)c1c(F)cc(F)cc1F. The average molecular weight is 304 g/mol. The second-order valence-electron chi connectivity index (χ2n) is 4.11. The number of carbonyl (C=O) groups excluding carboxylic acids is 2. The number of carboxylic acid groups (broad SMARTS) is 1. The van der Waals surface area contributed by atoms with Gasteiger partial charge in [0.25, 0.3) is 5.91 Å². The Morgan fingerprint density at radius 2 is 1.71 bits per heavy atom. The third-order valence-corrected chi connectivity index (χ3v) is 2.53. The van der Waals surface area contributed by atoms with Crippen LogP contribution in [-0.2, 0) is 9.59 Å². The summed E-state index contributed by atoms with van der Waals surface area (Å²) < 4.78 is 39.5. The molecule has 0 bridgehead atoms. The third-order valence-electron chi connectivity index (χ3n) is 2.53. The van der Waals surface area contributed by atoms with E-state index in [1.54, 1.807) is 0 Å². The molecule has 1 rings (SSSR count). The van der Waals surface area contributed by atoms with Crippen molar-refractivity contribution in [3.8, 4) is 0 Å². The lowest BCUT2D eigenvalue weighted by atomic mass is 10.1.